The lowest BCUT2D eigenvalue weighted by Gasteiger charge is -2.21. The van der Waals surface area contributed by atoms with Crippen molar-refractivity contribution in [3.63, 3.8) is 0 Å². The second kappa shape index (κ2) is 9.14. The molecule has 134 valence electrons. The zero-order valence-electron chi connectivity index (χ0n) is 14.3. The van der Waals surface area contributed by atoms with E-state index in [1.165, 1.54) is 12.8 Å². The van der Waals surface area contributed by atoms with E-state index in [0.29, 0.717) is 11.3 Å². The van der Waals surface area contributed by atoms with Crippen LogP contribution in [0.15, 0.2) is 18.2 Å². The maximum atomic E-state index is 12.7. The summed E-state index contributed by atoms with van der Waals surface area (Å²) in [5.74, 6) is 1.46. The van der Waals surface area contributed by atoms with E-state index in [1.54, 1.807) is 7.11 Å². The standard InChI is InChI=1S/C18H26N2O3.ClH/c1-22-17-13-14(18(21)20-11-4-9-19-10-12-20)7-8-16(17)23-15-5-2-3-6-15;/h7-8,13,15,19H,2-6,9-12H2,1H3;1H. The van der Waals surface area contributed by atoms with Crippen molar-refractivity contribution in [3.8, 4) is 11.5 Å². The van der Waals surface area contributed by atoms with Crippen molar-refractivity contribution in [2.45, 2.75) is 38.2 Å². The highest BCUT2D eigenvalue weighted by Crippen LogP contribution is 2.32. The Morgan fingerprint density at radius 3 is 2.67 bits per heavy atom. The maximum Gasteiger partial charge on any atom is 0.254 e. The number of halogens is 1. The minimum absolute atomic E-state index is 0. The fourth-order valence-corrected chi connectivity index (χ4v) is 3.32. The molecule has 0 unspecified atom stereocenters. The molecule has 3 rings (SSSR count). The van der Waals surface area contributed by atoms with Gasteiger partial charge < -0.3 is 19.7 Å². The third kappa shape index (κ3) is 4.54. The van der Waals surface area contributed by atoms with Crippen LogP contribution >= 0.6 is 12.4 Å². The Bertz CT molecular complexity index is 539. The highest BCUT2D eigenvalue weighted by molar-refractivity contribution is 5.95. The maximum absolute atomic E-state index is 12.7. The molecule has 1 aromatic carbocycles. The van der Waals surface area contributed by atoms with Crippen molar-refractivity contribution in [1.29, 1.82) is 0 Å². The number of hydrogen-bond donors (Lipinski definition) is 1. The van der Waals surface area contributed by atoms with E-state index < -0.39 is 0 Å². The lowest BCUT2D eigenvalue weighted by atomic mass is 10.1. The molecule has 6 heteroatoms. The molecule has 2 aliphatic rings. The molecule has 1 amide bonds. The molecular formula is C18H27ClN2O3. The van der Waals surface area contributed by atoms with Gasteiger partial charge in [0.2, 0.25) is 0 Å². The number of nitrogens with one attached hydrogen (secondary N) is 1. The quantitative estimate of drug-likeness (QED) is 0.903. The number of carbonyl (C=O) groups is 1. The molecule has 0 radical (unpaired) electrons. The summed E-state index contributed by atoms with van der Waals surface area (Å²) in [4.78, 5) is 14.6. The molecule has 0 atom stereocenters. The van der Waals surface area contributed by atoms with Gasteiger partial charge in [-0.3, -0.25) is 4.79 Å². The van der Waals surface area contributed by atoms with Crippen LogP contribution in [-0.4, -0.2) is 50.2 Å². The van der Waals surface area contributed by atoms with Gasteiger partial charge in [0.25, 0.3) is 5.91 Å². The van der Waals surface area contributed by atoms with Crippen molar-refractivity contribution in [2.24, 2.45) is 0 Å². The monoisotopic (exact) mass is 354 g/mol. The molecule has 1 aromatic rings. The van der Waals surface area contributed by atoms with Crippen LogP contribution in [0, 0.1) is 0 Å². The average Bonchev–Trinajstić information content (AvgIpc) is 2.94. The van der Waals surface area contributed by atoms with Gasteiger partial charge in [-0.15, -0.1) is 12.4 Å². The number of rotatable bonds is 4. The fraction of sp³-hybridized carbons (Fsp3) is 0.611. The molecule has 0 aromatic heterocycles. The van der Waals surface area contributed by atoms with Crippen molar-refractivity contribution < 1.29 is 14.3 Å². The van der Waals surface area contributed by atoms with Gasteiger partial charge in [-0.1, -0.05) is 0 Å². The Morgan fingerprint density at radius 2 is 1.92 bits per heavy atom. The van der Waals surface area contributed by atoms with E-state index in [4.69, 9.17) is 9.47 Å². The number of amides is 1. The Labute approximate surface area is 150 Å². The van der Waals surface area contributed by atoms with Crippen molar-refractivity contribution in [2.75, 3.05) is 33.3 Å². The topological polar surface area (TPSA) is 50.8 Å². The van der Waals surface area contributed by atoms with Gasteiger partial charge in [-0.05, 0) is 56.8 Å². The summed E-state index contributed by atoms with van der Waals surface area (Å²) >= 11 is 0. The van der Waals surface area contributed by atoms with Gasteiger partial charge in [0.05, 0.1) is 13.2 Å². The number of hydrogen-bond acceptors (Lipinski definition) is 4. The van der Waals surface area contributed by atoms with Gasteiger partial charge in [0.1, 0.15) is 0 Å². The first-order valence-electron chi connectivity index (χ1n) is 8.62. The smallest absolute Gasteiger partial charge is 0.254 e. The Hall–Kier alpha value is -1.46. The summed E-state index contributed by atoms with van der Waals surface area (Å²) < 4.78 is 11.5. The normalized spacial score (nSPS) is 18.6. The zero-order chi connectivity index (χ0) is 16.1. The second-order valence-electron chi connectivity index (χ2n) is 6.29. The molecule has 1 N–H and O–H groups in total. The lowest BCUT2D eigenvalue weighted by molar-refractivity contribution is 0.0766. The minimum atomic E-state index is 0. The molecule has 1 aliphatic carbocycles. The predicted octanol–water partition coefficient (Wildman–Crippen LogP) is 2.87. The molecule has 0 spiro atoms. The van der Waals surface area contributed by atoms with Crippen LogP contribution in [0.4, 0.5) is 0 Å². The SMILES string of the molecule is COc1cc(C(=O)N2CCCNCC2)ccc1OC1CCCC1.Cl. The number of benzene rings is 1. The number of ether oxygens (including phenoxy) is 2. The molecule has 1 saturated heterocycles. The largest absolute Gasteiger partial charge is 0.493 e. The van der Waals surface area contributed by atoms with Crippen molar-refractivity contribution in [1.82, 2.24) is 10.2 Å². The molecule has 1 aliphatic heterocycles. The van der Waals surface area contributed by atoms with Gasteiger partial charge in [-0.25, -0.2) is 0 Å². The predicted molar refractivity (Wildman–Crippen MR) is 96.5 cm³/mol. The summed E-state index contributed by atoms with van der Waals surface area (Å²) in [7, 11) is 1.63. The summed E-state index contributed by atoms with van der Waals surface area (Å²) in [6.45, 7) is 3.38. The van der Waals surface area contributed by atoms with Crippen LogP contribution < -0.4 is 14.8 Å². The van der Waals surface area contributed by atoms with E-state index in [2.05, 4.69) is 5.32 Å². The highest BCUT2D eigenvalue weighted by atomic mass is 35.5. The van der Waals surface area contributed by atoms with E-state index >= 15 is 0 Å². The third-order valence-corrected chi connectivity index (χ3v) is 4.63. The number of carbonyl (C=O) groups excluding carboxylic acids is 1. The van der Waals surface area contributed by atoms with Crippen molar-refractivity contribution in [3.05, 3.63) is 23.8 Å². The molecule has 1 heterocycles. The summed E-state index contributed by atoms with van der Waals surface area (Å²) in [6.07, 6.45) is 5.93. The van der Waals surface area contributed by atoms with E-state index in [0.717, 1.165) is 51.2 Å². The van der Waals surface area contributed by atoms with Crippen LogP contribution in [0.5, 0.6) is 11.5 Å². The molecular weight excluding hydrogens is 328 g/mol. The number of nitrogens with zero attached hydrogens (tertiary/aromatic N) is 1. The Balaban J connectivity index is 0.00000208. The second-order valence-corrected chi connectivity index (χ2v) is 6.29. The summed E-state index contributed by atoms with van der Waals surface area (Å²) in [6, 6.07) is 5.54. The molecule has 0 bridgehead atoms. The molecule has 5 nitrogen and oxygen atoms in total. The first-order valence-corrected chi connectivity index (χ1v) is 8.62. The fourth-order valence-electron chi connectivity index (χ4n) is 3.32. The van der Waals surface area contributed by atoms with Crippen LogP contribution in [0.1, 0.15) is 42.5 Å². The van der Waals surface area contributed by atoms with Gasteiger partial charge in [-0.2, -0.15) is 0 Å². The summed E-state index contributed by atoms with van der Waals surface area (Å²) in [5.41, 5.74) is 0.669. The van der Waals surface area contributed by atoms with Crippen LogP contribution in [0.3, 0.4) is 0 Å². The van der Waals surface area contributed by atoms with Gasteiger partial charge in [0.15, 0.2) is 11.5 Å². The van der Waals surface area contributed by atoms with E-state index in [1.807, 2.05) is 23.1 Å². The summed E-state index contributed by atoms with van der Waals surface area (Å²) in [5, 5.41) is 3.32. The minimum Gasteiger partial charge on any atom is -0.493 e. The third-order valence-electron chi connectivity index (χ3n) is 4.63. The van der Waals surface area contributed by atoms with E-state index in [-0.39, 0.29) is 24.4 Å². The highest BCUT2D eigenvalue weighted by Gasteiger charge is 2.21. The number of methoxy groups -OCH3 is 1. The van der Waals surface area contributed by atoms with Crippen molar-refractivity contribution >= 4 is 18.3 Å². The molecule has 24 heavy (non-hydrogen) atoms. The van der Waals surface area contributed by atoms with Gasteiger partial charge in [0, 0.05) is 25.2 Å². The lowest BCUT2D eigenvalue weighted by Crippen LogP contribution is -2.34. The zero-order valence-corrected chi connectivity index (χ0v) is 15.1. The molecule has 2 fully saturated rings. The molecule has 1 saturated carbocycles. The Kier molecular flexibility index (Phi) is 7.18. The van der Waals surface area contributed by atoms with Gasteiger partial charge >= 0.3 is 0 Å². The first-order chi connectivity index (χ1) is 11.3. The van der Waals surface area contributed by atoms with Crippen LogP contribution in [0.25, 0.3) is 0 Å². The average molecular weight is 355 g/mol. The first kappa shape index (κ1) is 18.9. The van der Waals surface area contributed by atoms with Crippen LogP contribution in [-0.2, 0) is 0 Å². The van der Waals surface area contributed by atoms with E-state index in [9.17, 15) is 4.79 Å². The Morgan fingerprint density at radius 1 is 1.12 bits per heavy atom. The van der Waals surface area contributed by atoms with Crippen LogP contribution in [0.2, 0.25) is 0 Å².